The zero-order chi connectivity index (χ0) is 20.8. The minimum absolute atomic E-state index is 0.343. The molecule has 0 saturated carbocycles. The first-order valence-electron chi connectivity index (χ1n) is 10.3. The lowest BCUT2D eigenvalue weighted by Crippen LogP contribution is -2.44. The van der Waals surface area contributed by atoms with Gasteiger partial charge in [0.25, 0.3) is 0 Å². The van der Waals surface area contributed by atoms with E-state index in [1.54, 1.807) is 7.05 Å². The number of guanidine groups is 1. The minimum atomic E-state index is 0.343. The maximum absolute atomic E-state index is 6.25. The first kappa shape index (κ1) is 21.7. The second-order valence-electron chi connectivity index (χ2n) is 8.06. The van der Waals surface area contributed by atoms with E-state index in [1.807, 2.05) is 18.2 Å². The summed E-state index contributed by atoms with van der Waals surface area (Å²) in [6, 6.07) is 10.6. The number of aromatic nitrogens is 1. The van der Waals surface area contributed by atoms with Gasteiger partial charge in [-0.05, 0) is 56.0 Å². The molecule has 6 nitrogen and oxygen atoms in total. The Kier molecular flexibility index (Phi) is 7.56. The van der Waals surface area contributed by atoms with Crippen LogP contribution in [0, 0.1) is 5.92 Å². The van der Waals surface area contributed by atoms with E-state index < -0.39 is 0 Å². The molecule has 0 aliphatic carbocycles. The van der Waals surface area contributed by atoms with Crippen molar-refractivity contribution in [3.63, 3.8) is 0 Å². The van der Waals surface area contributed by atoms with Crippen molar-refractivity contribution in [2.24, 2.45) is 10.9 Å². The fourth-order valence-corrected chi connectivity index (χ4v) is 4.19. The third-order valence-corrected chi connectivity index (χ3v) is 5.79. The second-order valence-corrected chi connectivity index (χ2v) is 8.50. The van der Waals surface area contributed by atoms with E-state index in [-0.39, 0.29) is 0 Å². The van der Waals surface area contributed by atoms with Gasteiger partial charge in [0.1, 0.15) is 0 Å². The summed E-state index contributed by atoms with van der Waals surface area (Å²) >= 11 is 6.25. The highest BCUT2D eigenvalue weighted by Crippen LogP contribution is 2.35. The van der Waals surface area contributed by atoms with Crippen molar-refractivity contribution in [3.05, 3.63) is 52.4 Å². The van der Waals surface area contributed by atoms with E-state index in [9.17, 15) is 0 Å². The van der Waals surface area contributed by atoms with Crippen molar-refractivity contribution in [1.82, 2.24) is 20.7 Å². The Hall–Kier alpha value is -2.05. The predicted molar refractivity (Wildman–Crippen MR) is 118 cm³/mol. The molecule has 3 rings (SSSR count). The van der Waals surface area contributed by atoms with Crippen molar-refractivity contribution < 1.29 is 4.52 Å². The summed E-state index contributed by atoms with van der Waals surface area (Å²) < 4.78 is 5.40. The first-order chi connectivity index (χ1) is 14.0. The van der Waals surface area contributed by atoms with Gasteiger partial charge in [0, 0.05) is 30.7 Å². The van der Waals surface area contributed by atoms with Gasteiger partial charge in [-0.3, -0.25) is 9.89 Å². The summed E-state index contributed by atoms with van der Waals surface area (Å²) in [5.41, 5.74) is 2.25. The Labute approximate surface area is 178 Å². The van der Waals surface area contributed by atoms with Gasteiger partial charge in [-0.15, -0.1) is 0 Å². The highest BCUT2D eigenvalue weighted by atomic mass is 35.5. The molecule has 1 saturated heterocycles. The van der Waals surface area contributed by atoms with E-state index in [0.29, 0.717) is 24.4 Å². The molecule has 29 heavy (non-hydrogen) atoms. The number of hydrogen-bond donors (Lipinski definition) is 2. The quantitative estimate of drug-likeness (QED) is 0.544. The lowest BCUT2D eigenvalue weighted by molar-refractivity contribution is 0.122. The molecule has 2 aromatic rings. The second kappa shape index (κ2) is 10.1. The molecule has 0 amide bonds. The number of benzene rings is 1. The molecule has 2 atom stereocenters. The van der Waals surface area contributed by atoms with Gasteiger partial charge in [0.05, 0.1) is 12.2 Å². The molecule has 0 bridgehead atoms. The molecule has 1 aromatic heterocycles. The van der Waals surface area contributed by atoms with Crippen LogP contribution in [-0.2, 0) is 6.54 Å². The molecule has 0 radical (unpaired) electrons. The van der Waals surface area contributed by atoms with Crippen LogP contribution in [0.15, 0.2) is 39.8 Å². The Balaban J connectivity index is 1.59. The third-order valence-electron chi connectivity index (χ3n) is 5.55. The first-order valence-corrected chi connectivity index (χ1v) is 10.7. The fraction of sp³-hybridized carbons (Fsp3) is 0.545. The average molecular weight is 418 g/mol. The predicted octanol–water partition coefficient (Wildman–Crippen LogP) is 4.20. The van der Waals surface area contributed by atoms with Crippen LogP contribution in [0.2, 0.25) is 5.02 Å². The number of hydrogen-bond acceptors (Lipinski definition) is 4. The van der Waals surface area contributed by atoms with Crippen LogP contribution in [0.4, 0.5) is 0 Å². The van der Waals surface area contributed by atoms with Gasteiger partial charge < -0.3 is 15.2 Å². The van der Waals surface area contributed by atoms with Crippen LogP contribution in [0.25, 0.3) is 0 Å². The molecular weight excluding hydrogens is 386 g/mol. The lowest BCUT2D eigenvalue weighted by Gasteiger charge is -2.40. The number of piperidine rings is 1. The number of nitrogens with one attached hydrogen (secondary N) is 2. The van der Waals surface area contributed by atoms with Crippen LogP contribution < -0.4 is 10.6 Å². The molecule has 0 spiro atoms. The molecule has 7 heteroatoms. The topological polar surface area (TPSA) is 65.7 Å². The van der Waals surface area contributed by atoms with Gasteiger partial charge in [-0.25, -0.2) is 0 Å². The molecule has 2 N–H and O–H groups in total. The number of halogens is 1. The van der Waals surface area contributed by atoms with E-state index in [0.717, 1.165) is 35.5 Å². The number of aliphatic imine (C=N–C) groups is 1. The zero-order valence-electron chi connectivity index (χ0n) is 17.8. The van der Waals surface area contributed by atoms with Gasteiger partial charge >= 0.3 is 0 Å². The van der Waals surface area contributed by atoms with Crippen molar-refractivity contribution in [3.8, 4) is 0 Å². The normalized spacial score (nSPS) is 20.8. The molecule has 2 heterocycles. The number of nitrogens with zero attached hydrogens (tertiary/aromatic N) is 3. The molecule has 1 aliphatic rings. The number of likely N-dealkylation sites (tertiary alicyclic amines) is 1. The smallest absolute Gasteiger partial charge is 0.191 e. The van der Waals surface area contributed by atoms with E-state index >= 15 is 0 Å². The average Bonchev–Trinajstić information content (AvgIpc) is 3.17. The minimum Gasteiger partial charge on any atom is -0.359 e. The molecule has 2 unspecified atom stereocenters. The maximum atomic E-state index is 6.25. The van der Waals surface area contributed by atoms with Gasteiger partial charge in [-0.1, -0.05) is 42.7 Å². The summed E-state index contributed by atoms with van der Waals surface area (Å²) in [5, 5.41) is 11.7. The summed E-state index contributed by atoms with van der Waals surface area (Å²) in [6.07, 6.45) is 2.37. The van der Waals surface area contributed by atoms with Crippen molar-refractivity contribution in [1.29, 1.82) is 0 Å². The third kappa shape index (κ3) is 5.73. The maximum Gasteiger partial charge on any atom is 0.191 e. The Bertz CT molecular complexity index is 819. The van der Waals surface area contributed by atoms with Crippen LogP contribution in [-0.4, -0.2) is 43.2 Å². The molecule has 1 fully saturated rings. The van der Waals surface area contributed by atoms with Crippen molar-refractivity contribution in [2.45, 2.75) is 45.2 Å². The largest absolute Gasteiger partial charge is 0.359 e. The van der Waals surface area contributed by atoms with Crippen LogP contribution >= 0.6 is 11.6 Å². The number of rotatable bonds is 6. The standard InChI is InChI=1S/C22H32ClN5O/c1-15(2)20-12-19(29-27-20)14-26-22(24-3)25-13-17-8-6-10-28(4)21(17)16-7-5-9-18(23)11-16/h5,7,9,11-12,15,17,21H,6,8,10,13-14H2,1-4H3,(H2,24,25,26). The molecular formula is C22H32ClN5O. The zero-order valence-corrected chi connectivity index (χ0v) is 18.5. The van der Waals surface area contributed by atoms with Crippen LogP contribution in [0.3, 0.4) is 0 Å². The molecule has 1 aromatic carbocycles. The molecule has 158 valence electrons. The van der Waals surface area contributed by atoms with Crippen LogP contribution in [0.1, 0.15) is 55.7 Å². The summed E-state index contributed by atoms with van der Waals surface area (Å²) in [6.45, 7) is 6.71. The highest BCUT2D eigenvalue weighted by molar-refractivity contribution is 6.30. The summed E-state index contributed by atoms with van der Waals surface area (Å²) in [7, 11) is 3.98. The van der Waals surface area contributed by atoms with E-state index in [1.165, 1.54) is 18.4 Å². The van der Waals surface area contributed by atoms with E-state index in [4.69, 9.17) is 16.1 Å². The molecule has 1 aliphatic heterocycles. The summed E-state index contributed by atoms with van der Waals surface area (Å²) in [4.78, 5) is 6.79. The fourth-order valence-electron chi connectivity index (χ4n) is 3.99. The summed E-state index contributed by atoms with van der Waals surface area (Å²) in [5.74, 6) is 2.41. The lowest BCUT2D eigenvalue weighted by atomic mass is 9.85. The monoisotopic (exact) mass is 417 g/mol. The Morgan fingerprint density at radius 3 is 2.86 bits per heavy atom. The van der Waals surface area contributed by atoms with Crippen molar-refractivity contribution in [2.75, 3.05) is 27.2 Å². The Morgan fingerprint density at radius 1 is 1.34 bits per heavy atom. The van der Waals surface area contributed by atoms with Crippen molar-refractivity contribution >= 4 is 17.6 Å². The highest BCUT2D eigenvalue weighted by Gasteiger charge is 2.30. The van der Waals surface area contributed by atoms with E-state index in [2.05, 4.69) is 58.7 Å². The van der Waals surface area contributed by atoms with Gasteiger partial charge in [0.2, 0.25) is 0 Å². The van der Waals surface area contributed by atoms with Crippen LogP contribution in [0.5, 0.6) is 0 Å². The van der Waals surface area contributed by atoms with Gasteiger partial charge in [-0.2, -0.15) is 0 Å². The van der Waals surface area contributed by atoms with Gasteiger partial charge in [0.15, 0.2) is 11.7 Å². The Morgan fingerprint density at radius 2 is 2.17 bits per heavy atom. The SMILES string of the molecule is CN=C(NCc1cc(C(C)C)no1)NCC1CCCN(C)C1c1cccc(Cl)c1.